The predicted molar refractivity (Wildman–Crippen MR) is 65.8 cm³/mol. The lowest BCUT2D eigenvalue weighted by molar-refractivity contribution is 0.0698. The summed E-state index contributed by atoms with van der Waals surface area (Å²) < 4.78 is 0. The van der Waals surface area contributed by atoms with Crippen LogP contribution in [0.3, 0.4) is 0 Å². The Morgan fingerprint density at radius 2 is 2.19 bits per heavy atom. The topological polar surface area (TPSA) is 75.3 Å². The van der Waals surface area contributed by atoms with E-state index in [4.69, 9.17) is 10.8 Å². The average molecular weight is 222 g/mol. The van der Waals surface area contributed by atoms with Gasteiger partial charge in [-0.25, -0.2) is 4.79 Å². The van der Waals surface area contributed by atoms with Gasteiger partial charge in [0.25, 0.3) is 0 Å². The molecule has 1 rings (SSSR count). The van der Waals surface area contributed by atoms with E-state index in [2.05, 4.69) is 19.2 Å². The molecule has 0 aliphatic carbocycles. The number of carboxylic acids is 1. The molecule has 0 saturated heterocycles. The monoisotopic (exact) mass is 222 g/mol. The molecular weight excluding hydrogens is 204 g/mol. The van der Waals surface area contributed by atoms with Gasteiger partial charge in [-0.2, -0.15) is 0 Å². The third-order valence-corrected chi connectivity index (χ3v) is 2.33. The maximum Gasteiger partial charge on any atom is 0.337 e. The molecule has 0 atom stereocenters. The molecule has 16 heavy (non-hydrogen) atoms. The van der Waals surface area contributed by atoms with Crippen LogP contribution < -0.4 is 11.1 Å². The van der Waals surface area contributed by atoms with Crippen LogP contribution in [0.25, 0.3) is 0 Å². The summed E-state index contributed by atoms with van der Waals surface area (Å²) >= 11 is 0. The quantitative estimate of drug-likeness (QED) is 0.669. The van der Waals surface area contributed by atoms with Gasteiger partial charge in [0.15, 0.2) is 0 Å². The lowest BCUT2D eigenvalue weighted by Crippen LogP contribution is -2.07. The molecule has 0 aliphatic rings. The summed E-state index contributed by atoms with van der Waals surface area (Å²) in [7, 11) is 0. The van der Waals surface area contributed by atoms with E-state index in [-0.39, 0.29) is 5.56 Å². The van der Waals surface area contributed by atoms with Crippen molar-refractivity contribution in [2.24, 2.45) is 5.92 Å². The van der Waals surface area contributed by atoms with Crippen LogP contribution >= 0.6 is 0 Å². The fourth-order valence-corrected chi connectivity index (χ4v) is 1.36. The number of carboxylic acid groups (broad SMARTS) is 1. The van der Waals surface area contributed by atoms with Crippen LogP contribution in [0.1, 0.15) is 30.6 Å². The van der Waals surface area contributed by atoms with Gasteiger partial charge >= 0.3 is 5.97 Å². The second-order valence-corrected chi connectivity index (χ2v) is 4.22. The van der Waals surface area contributed by atoms with Crippen LogP contribution in [-0.2, 0) is 0 Å². The van der Waals surface area contributed by atoms with Gasteiger partial charge in [-0.15, -0.1) is 0 Å². The van der Waals surface area contributed by atoms with Gasteiger partial charge in [0.2, 0.25) is 0 Å². The van der Waals surface area contributed by atoms with Gasteiger partial charge in [-0.1, -0.05) is 13.8 Å². The number of hydrogen-bond donors (Lipinski definition) is 3. The van der Waals surface area contributed by atoms with Crippen molar-refractivity contribution in [1.82, 2.24) is 0 Å². The van der Waals surface area contributed by atoms with E-state index in [0.717, 1.165) is 18.7 Å². The first-order valence-electron chi connectivity index (χ1n) is 5.37. The Morgan fingerprint density at radius 3 is 2.75 bits per heavy atom. The highest BCUT2D eigenvalue weighted by Crippen LogP contribution is 2.18. The lowest BCUT2D eigenvalue weighted by atomic mass is 10.1. The van der Waals surface area contributed by atoms with Crippen molar-refractivity contribution in [3.63, 3.8) is 0 Å². The van der Waals surface area contributed by atoms with Gasteiger partial charge in [0, 0.05) is 17.9 Å². The molecule has 0 bridgehead atoms. The molecule has 1 aromatic carbocycles. The van der Waals surface area contributed by atoms with Crippen LogP contribution in [-0.4, -0.2) is 17.6 Å². The Hall–Kier alpha value is -1.71. The van der Waals surface area contributed by atoms with Gasteiger partial charge in [0.1, 0.15) is 0 Å². The molecule has 0 heterocycles. The highest BCUT2D eigenvalue weighted by atomic mass is 16.4. The molecule has 4 heteroatoms. The van der Waals surface area contributed by atoms with Crippen LogP contribution in [0.2, 0.25) is 0 Å². The Bertz CT molecular complexity index is 375. The van der Waals surface area contributed by atoms with E-state index in [9.17, 15) is 4.79 Å². The zero-order valence-corrected chi connectivity index (χ0v) is 9.66. The van der Waals surface area contributed by atoms with Crippen molar-refractivity contribution in [1.29, 1.82) is 0 Å². The number of carbonyl (C=O) groups is 1. The Morgan fingerprint density at radius 1 is 1.50 bits per heavy atom. The maximum atomic E-state index is 10.8. The standard InChI is InChI=1S/C12H18N2O2/c1-8(2)5-6-14-9-3-4-11(13)10(7-9)12(15)16/h3-4,7-8,14H,5-6,13H2,1-2H3,(H,15,16). The summed E-state index contributed by atoms with van der Waals surface area (Å²) in [4.78, 5) is 10.8. The molecule has 4 N–H and O–H groups in total. The molecule has 0 unspecified atom stereocenters. The molecule has 0 aliphatic heterocycles. The number of hydrogen-bond acceptors (Lipinski definition) is 3. The van der Waals surface area contributed by atoms with Crippen LogP contribution in [0.15, 0.2) is 18.2 Å². The summed E-state index contributed by atoms with van der Waals surface area (Å²) in [6, 6.07) is 4.97. The van der Waals surface area contributed by atoms with Crippen molar-refractivity contribution in [3.05, 3.63) is 23.8 Å². The fraction of sp³-hybridized carbons (Fsp3) is 0.417. The molecular formula is C12H18N2O2. The third kappa shape index (κ3) is 3.46. The predicted octanol–water partition coefficient (Wildman–Crippen LogP) is 2.42. The number of nitrogens with one attached hydrogen (secondary N) is 1. The summed E-state index contributed by atoms with van der Waals surface area (Å²) in [6.07, 6.45) is 1.05. The molecule has 4 nitrogen and oxygen atoms in total. The second kappa shape index (κ2) is 5.39. The molecule has 0 spiro atoms. The Labute approximate surface area is 95.5 Å². The minimum Gasteiger partial charge on any atom is -0.478 e. The summed E-state index contributed by atoms with van der Waals surface area (Å²) in [6.45, 7) is 5.13. The largest absolute Gasteiger partial charge is 0.478 e. The molecule has 0 radical (unpaired) electrons. The van der Waals surface area contributed by atoms with E-state index in [1.165, 1.54) is 0 Å². The zero-order chi connectivity index (χ0) is 12.1. The van der Waals surface area contributed by atoms with Crippen LogP contribution in [0.4, 0.5) is 11.4 Å². The molecule has 0 aromatic heterocycles. The number of nitrogen functional groups attached to an aromatic ring is 1. The first-order chi connectivity index (χ1) is 7.50. The number of nitrogens with two attached hydrogens (primary N) is 1. The lowest BCUT2D eigenvalue weighted by Gasteiger charge is -2.09. The van der Waals surface area contributed by atoms with Crippen molar-refractivity contribution < 1.29 is 9.90 Å². The van der Waals surface area contributed by atoms with E-state index in [0.29, 0.717) is 11.6 Å². The van der Waals surface area contributed by atoms with Gasteiger partial charge in [-0.05, 0) is 30.5 Å². The van der Waals surface area contributed by atoms with Gasteiger partial charge < -0.3 is 16.2 Å². The first kappa shape index (κ1) is 12.4. The van der Waals surface area contributed by atoms with Crippen molar-refractivity contribution in [2.75, 3.05) is 17.6 Å². The van der Waals surface area contributed by atoms with Crippen molar-refractivity contribution in [2.45, 2.75) is 20.3 Å². The summed E-state index contributed by atoms with van der Waals surface area (Å²) in [5.41, 5.74) is 6.80. The van der Waals surface area contributed by atoms with E-state index < -0.39 is 5.97 Å². The SMILES string of the molecule is CC(C)CCNc1ccc(N)c(C(=O)O)c1. The Kier molecular flexibility index (Phi) is 4.17. The van der Waals surface area contributed by atoms with Gasteiger partial charge in [0.05, 0.1) is 5.56 Å². The van der Waals surface area contributed by atoms with Crippen LogP contribution in [0, 0.1) is 5.92 Å². The number of aromatic carboxylic acids is 1. The number of benzene rings is 1. The minimum absolute atomic E-state index is 0.148. The molecule has 0 fully saturated rings. The smallest absolute Gasteiger partial charge is 0.337 e. The Balaban J connectivity index is 2.68. The third-order valence-electron chi connectivity index (χ3n) is 2.33. The number of rotatable bonds is 5. The van der Waals surface area contributed by atoms with E-state index in [1.54, 1.807) is 18.2 Å². The normalized spacial score (nSPS) is 10.4. The summed E-state index contributed by atoms with van der Waals surface area (Å²) in [5, 5.41) is 12.1. The first-order valence-corrected chi connectivity index (χ1v) is 5.37. The fourth-order valence-electron chi connectivity index (χ4n) is 1.36. The maximum absolute atomic E-state index is 10.8. The molecule has 1 aromatic rings. The second-order valence-electron chi connectivity index (χ2n) is 4.22. The molecule has 88 valence electrons. The highest BCUT2D eigenvalue weighted by molar-refractivity contribution is 5.94. The van der Waals surface area contributed by atoms with Crippen molar-refractivity contribution >= 4 is 17.3 Å². The van der Waals surface area contributed by atoms with E-state index in [1.807, 2.05) is 0 Å². The number of anilines is 2. The highest BCUT2D eigenvalue weighted by Gasteiger charge is 2.08. The van der Waals surface area contributed by atoms with Crippen molar-refractivity contribution in [3.8, 4) is 0 Å². The average Bonchev–Trinajstić information content (AvgIpc) is 2.19. The van der Waals surface area contributed by atoms with E-state index >= 15 is 0 Å². The van der Waals surface area contributed by atoms with Gasteiger partial charge in [-0.3, -0.25) is 0 Å². The summed E-state index contributed by atoms with van der Waals surface area (Å²) in [5.74, 6) is -0.370. The zero-order valence-electron chi connectivity index (χ0n) is 9.66. The minimum atomic E-state index is -0.995. The van der Waals surface area contributed by atoms with Crippen LogP contribution in [0.5, 0.6) is 0 Å². The molecule has 0 amide bonds. The molecule has 0 saturated carbocycles.